The smallest absolute Gasteiger partial charge is 0.257 e. The largest absolute Gasteiger partial charge is 0.372 e. The van der Waals surface area contributed by atoms with Crippen molar-refractivity contribution in [1.82, 2.24) is 9.97 Å². The fraction of sp³-hybridized carbons (Fsp3) is 0.290. The number of aromatic nitrogens is 2. The summed E-state index contributed by atoms with van der Waals surface area (Å²) in [4.78, 5) is 25.1. The molecule has 1 saturated heterocycles. The Labute approximate surface area is 222 Å². The Balaban J connectivity index is 1.29. The van der Waals surface area contributed by atoms with Gasteiger partial charge in [-0.2, -0.15) is 5.26 Å². The van der Waals surface area contributed by atoms with E-state index in [2.05, 4.69) is 41.2 Å². The molecule has 2 aliphatic rings. The molecule has 2 aromatic carbocycles. The van der Waals surface area contributed by atoms with Gasteiger partial charge in [-0.15, -0.1) is 0 Å². The van der Waals surface area contributed by atoms with E-state index in [0.29, 0.717) is 22.7 Å². The molecule has 2 fully saturated rings. The summed E-state index contributed by atoms with van der Waals surface area (Å²) < 4.78 is 5.83. The molecule has 38 heavy (non-hydrogen) atoms. The lowest BCUT2D eigenvalue weighted by Crippen LogP contribution is -2.45. The highest BCUT2D eigenvalue weighted by Crippen LogP contribution is 2.45. The van der Waals surface area contributed by atoms with Crippen molar-refractivity contribution in [3.05, 3.63) is 83.7 Å². The normalized spacial score (nSPS) is 19.2. The van der Waals surface area contributed by atoms with Crippen molar-refractivity contribution >= 4 is 28.3 Å². The lowest BCUT2D eigenvalue weighted by molar-refractivity contribution is -0.00545. The van der Waals surface area contributed by atoms with Gasteiger partial charge in [-0.25, -0.2) is 4.98 Å². The third-order valence-electron chi connectivity index (χ3n) is 7.24. The minimum Gasteiger partial charge on any atom is -0.372 e. The van der Waals surface area contributed by atoms with Gasteiger partial charge in [0.05, 0.1) is 46.8 Å². The van der Waals surface area contributed by atoms with Crippen molar-refractivity contribution < 1.29 is 9.53 Å². The quantitative estimate of drug-likeness (QED) is 0.364. The molecule has 0 radical (unpaired) electrons. The van der Waals surface area contributed by atoms with E-state index in [9.17, 15) is 4.79 Å². The predicted octanol–water partition coefficient (Wildman–Crippen LogP) is 5.91. The summed E-state index contributed by atoms with van der Waals surface area (Å²) in [6.45, 7) is 5.72. The van der Waals surface area contributed by atoms with Crippen LogP contribution in [0.4, 0.5) is 11.5 Å². The highest BCUT2D eigenvalue weighted by molar-refractivity contribution is 6.09. The predicted molar refractivity (Wildman–Crippen MR) is 148 cm³/mol. The van der Waals surface area contributed by atoms with E-state index in [1.165, 1.54) is 0 Å². The van der Waals surface area contributed by atoms with Crippen LogP contribution in [0, 0.1) is 11.3 Å². The zero-order valence-corrected chi connectivity index (χ0v) is 21.5. The number of carbonyl (C=O) groups excluding carboxylic acids is 1. The van der Waals surface area contributed by atoms with Crippen LogP contribution < -0.4 is 10.2 Å². The van der Waals surface area contributed by atoms with Crippen molar-refractivity contribution in [3.63, 3.8) is 0 Å². The van der Waals surface area contributed by atoms with Gasteiger partial charge in [-0.3, -0.25) is 9.78 Å². The standard InChI is InChI=1S/C31H29N5O2/c1-19-17-36(18-20(2)38-19)28-13-12-24(15-33-28)35-31(37)27-16-34-30-25(22-8-6-21(14-32)7-9-22)4-3-5-26(30)29(27)23-10-11-23/h3-9,12-13,15-16,19-20,23H,10-11,17-18H2,1-2H3,(H,35,37)/t19-,20+. The van der Waals surface area contributed by atoms with E-state index in [1.807, 2.05) is 48.5 Å². The molecule has 0 bridgehead atoms. The first kappa shape index (κ1) is 24.1. The van der Waals surface area contributed by atoms with Gasteiger partial charge in [-0.05, 0) is 68.0 Å². The molecule has 2 aromatic heterocycles. The summed E-state index contributed by atoms with van der Waals surface area (Å²) in [5.74, 6) is 1.06. The summed E-state index contributed by atoms with van der Waals surface area (Å²) in [6.07, 6.45) is 5.85. The van der Waals surface area contributed by atoms with Crippen molar-refractivity contribution in [2.75, 3.05) is 23.3 Å². The van der Waals surface area contributed by atoms with Crippen molar-refractivity contribution in [1.29, 1.82) is 5.26 Å². The Morgan fingerprint density at radius 1 is 1.00 bits per heavy atom. The minimum absolute atomic E-state index is 0.151. The van der Waals surface area contributed by atoms with Gasteiger partial charge in [0.1, 0.15) is 5.82 Å². The topological polar surface area (TPSA) is 91.1 Å². The average molecular weight is 504 g/mol. The van der Waals surface area contributed by atoms with Gasteiger partial charge in [0.15, 0.2) is 0 Å². The number of benzene rings is 2. The second kappa shape index (κ2) is 9.88. The maximum atomic E-state index is 13.5. The molecule has 1 aliphatic carbocycles. The second-order valence-electron chi connectivity index (χ2n) is 10.3. The van der Waals surface area contributed by atoms with Crippen LogP contribution in [0.1, 0.15) is 54.1 Å². The molecule has 1 amide bonds. The van der Waals surface area contributed by atoms with Gasteiger partial charge in [0.2, 0.25) is 0 Å². The molecule has 0 unspecified atom stereocenters. The molecule has 2 atom stereocenters. The highest BCUT2D eigenvalue weighted by Gasteiger charge is 2.31. The van der Waals surface area contributed by atoms with E-state index in [0.717, 1.165) is 59.3 Å². The van der Waals surface area contributed by atoms with Gasteiger partial charge < -0.3 is 15.0 Å². The van der Waals surface area contributed by atoms with E-state index in [1.54, 1.807) is 12.4 Å². The Hall–Kier alpha value is -4.28. The number of rotatable bonds is 5. The lowest BCUT2D eigenvalue weighted by Gasteiger charge is -2.36. The lowest BCUT2D eigenvalue weighted by atomic mass is 9.94. The van der Waals surface area contributed by atoms with E-state index in [4.69, 9.17) is 15.0 Å². The maximum absolute atomic E-state index is 13.5. The van der Waals surface area contributed by atoms with Gasteiger partial charge in [0, 0.05) is 30.2 Å². The summed E-state index contributed by atoms with van der Waals surface area (Å²) >= 11 is 0. The van der Waals surface area contributed by atoms with Crippen LogP contribution in [0.3, 0.4) is 0 Å². The first-order valence-corrected chi connectivity index (χ1v) is 13.1. The Kier molecular flexibility index (Phi) is 6.26. The van der Waals surface area contributed by atoms with Crippen LogP contribution in [0.15, 0.2) is 67.0 Å². The van der Waals surface area contributed by atoms with Crippen LogP contribution in [0.25, 0.3) is 22.0 Å². The van der Waals surface area contributed by atoms with Crippen LogP contribution in [0.2, 0.25) is 0 Å². The Bertz CT molecular complexity index is 1530. The molecule has 0 spiro atoms. The number of hydrogen-bond donors (Lipinski definition) is 1. The molecule has 1 aliphatic heterocycles. The average Bonchev–Trinajstić information content (AvgIpc) is 3.77. The van der Waals surface area contributed by atoms with E-state index < -0.39 is 0 Å². The maximum Gasteiger partial charge on any atom is 0.257 e. The number of carbonyl (C=O) groups is 1. The minimum atomic E-state index is -0.173. The van der Waals surface area contributed by atoms with Crippen LogP contribution in [-0.4, -0.2) is 41.2 Å². The molecule has 190 valence electrons. The fourth-order valence-corrected chi connectivity index (χ4v) is 5.40. The third kappa shape index (κ3) is 4.71. The molecule has 4 aromatic rings. The number of fused-ring (bicyclic) bond motifs is 1. The Morgan fingerprint density at radius 3 is 2.42 bits per heavy atom. The van der Waals surface area contributed by atoms with Crippen LogP contribution in [-0.2, 0) is 4.74 Å². The molecule has 7 heteroatoms. The molecule has 6 rings (SSSR count). The first-order chi connectivity index (χ1) is 18.5. The molecule has 7 nitrogen and oxygen atoms in total. The van der Waals surface area contributed by atoms with Crippen molar-refractivity contribution in [2.24, 2.45) is 0 Å². The number of nitriles is 1. The zero-order valence-electron chi connectivity index (χ0n) is 21.5. The third-order valence-corrected chi connectivity index (χ3v) is 7.24. The molecule has 1 saturated carbocycles. The molecule has 1 N–H and O–H groups in total. The number of amides is 1. The van der Waals surface area contributed by atoms with Gasteiger partial charge in [-0.1, -0.05) is 30.3 Å². The number of nitrogens with zero attached hydrogens (tertiary/aromatic N) is 4. The van der Waals surface area contributed by atoms with E-state index in [-0.39, 0.29) is 18.1 Å². The number of pyridine rings is 2. The summed E-state index contributed by atoms with van der Waals surface area (Å²) in [7, 11) is 0. The molecular formula is C31H29N5O2. The summed E-state index contributed by atoms with van der Waals surface area (Å²) in [6, 6.07) is 19.7. The highest BCUT2D eigenvalue weighted by atomic mass is 16.5. The number of anilines is 2. The van der Waals surface area contributed by atoms with Crippen molar-refractivity contribution in [3.8, 4) is 17.2 Å². The van der Waals surface area contributed by atoms with Gasteiger partial charge >= 0.3 is 0 Å². The van der Waals surface area contributed by atoms with Crippen LogP contribution in [0.5, 0.6) is 0 Å². The Morgan fingerprint density at radius 2 is 1.76 bits per heavy atom. The number of nitrogens with one attached hydrogen (secondary N) is 1. The number of ether oxygens (including phenoxy) is 1. The number of morpholine rings is 1. The fourth-order valence-electron chi connectivity index (χ4n) is 5.40. The summed E-state index contributed by atoms with van der Waals surface area (Å²) in [5.41, 5.74) is 5.80. The SMILES string of the molecule is C[C@@H]1CN(c2ccc(NC(=O)c3cnc4c(-c5ccc(C#N)cc5)cccc4c3C3CC3)cn2)C[C@H](C)O1. The van der Waals surface area contributed by atoms with E-state index >= 15 is 0 Å². The number of para-hydroxylation sites is 1. The zero-order chi connectivity index (χ0) is 26.2. The number of hydrogen-bond acceptors (Lipinski definition) is 6. The van der Waals surface area contributed by atoms with Crippen LogP contribution >= 0.6 is 0 Å². The first-order valence-electron chi connectivity index (χ1n) is 13.1. The van der Waals surface area contributed by atoms with Crippen molar-refractivity contribution in [2.45, 2.75) is 44.8 Å². The molecular weight excluding hydrogens is 474 g/mol. The van der Waals surface area contributed by atoms with Gasteiger partial charge in [0.25, 0.3) is 5.91 Å². The second-order valence-corrected chi connectivity index (χ2v) is 10.3. The monoisotopic (exact) mass is 503 g/mol. The summed E-state index contributed by atoms with van der Waals surface area (Å²) in [5, 5.41) is 13.2. The molecule has 3 heterocycles.